The van der Waals surface area contributed by atoms with E-state index in [1.54, 1.807) is 19.2 Å². The van der Waals surface area contributed by atoms with Gasteiger partial charge in [-0.2, -0.15) is 0 Å². The number of methoxy groups -OCH3 is 1. The summed E-state index contributed by atoms with van der Waals surface area (Å²) in [5.74, 6) is 0.749. The molecule has 2 nitrogen and oxygen atoms in total. The fourth-order valence-electron chi connectivity index (χ4n) is 2.57. The molecule has 0 heterocycles. The zero-order valence-electron chi connectivity index (χ0n) is 12.1. The quantitative estimate of drug-likeness (QED) is 0.821. The van der Waals surface area contributed by atoms with Crippen LogP contribution in [-0.4, -0.2) is 7.11 Å². The molecule has 0 saturated heterocycles. The lowest BCUT2D eigenvalue weighted by molar-refractivity contribution is 0.414. The van der Waals surface area contributed by atoms with Gasteiger partial charge >= 0.3 is 0 Å². The largest absolute Gasteiger partial charge is 0.495 e. The monoisotopic (exact) mass is 323 g/mol. The van der Waals surface area contributed by atoms with Crippen LogP contribution in [0.2, 0.25) is 10.0 Å². The molecule has 0 amide bonds. The van der Waals surface area contributed by atoms with E-state index < -0.39 is 0 Å². The molecule has 2 aromatic rings. The average molecular weight is 324 g/mol. The summed E-state index contributed by atoms with van der Waals surface area (Å²) in [6.45, 7) is 2.12. The Morgan fingerprint density at radius 1 is 1.10 bits per heavy atom. The van der Waals surface area contributed by atoms with Gasteiger partial charge in [0.25, 0.3) is 0 Å². The second kappa shape index (κ2) is 7.17. The summed E-state index contributed by atoms with van der Waals surface area (Å²) in [6.07, 6.45) is 0.922. The van der Waals surface area contributed by atoms with Crippen LogP contribution in [0.4, 0.5) is 0 Å². The van der Waals surface area contributed by atoms with Crippen molar-refractivity contribution in [3.63, 3.8) is 0 Å². The molecule has 0 aliphatic carbocycles. The van der Waals surface area contributed by atoms with E-state index in [0.29, 0.717) is 15.8 Å². The van der Waals surface area contributed by atoms with Crippen LogP contribution >= 0.6 is 23.2 Å². The number of nitrogens with two attached hydrogens (primary N) is 1. The lowest BCUT2D eigenvalue weighted by atomic mass is 9.85. The van der Waals surface area contributed by atoms with E-state index >= 15 is 0 Å². The van der Waals surface area contributed by atoms with Crippen LogP contribution < -0.4 is 10.5 Å². The SMILES string of the molecule is CCC(c1ccccc1)C(N)c1cc(Cl)c(OC)cc1Cl. The molecule has 0 saturated carbocycles. The van der Waals surface area contributed by atoms with Crippen molar-refractivity contribution in [1.29, 1.82) is 0 Å². The van der Waals surface area contributed by atoms with Crippen LogP contribution in [0, 0.1) is 0 Å². The van der Waals surface area contributed by atoms with E-state index in [2.05, 4.69) is 19.1 Å². The lowest BCUT2D eigenvalue weighted by Gasteiger charge is -2.25. The van der Waals surface area contributed by atoms with Crippen LogP contribution in [0.3, 0.4) is 0 Å². The van der Waals surface area contributed by atoms with Gasteiger partial charge in [0.1, 0.15) is 5.75 Å². The topological polar surface area (TPSA) is 35.2 Å². The zero-order valence-corrected chi connectivity index (χ0v) is 13.7. The van der Waals surface area contributed by atoms with Crippen LogP contribution in [0.15, 0.2) is 42.5 Å². The standard InChI is InChI=1S/C17H19Cl2NO/c1-3-12(11-7-5-4-6-8-11)17(20)13-9-15(19)16(21-2)10-14(13)18/h4-10,12,17H,3,20H2,1-2H3. The fraction of sp³-hybridized carbons (Fsp3) is 0.294. The molecule has 0 aliphatic heterocycles. The smallest absolute Gasteiger partial charge is 0.138 e. The minimum absolute atomic E-state index is 0.188. The molecular weight excluding hydrogens is 305 g/mol. The fourth-order valence-corrected chi connectivity index (χ4v) is 3.10. The lowest BCUT2D eigenvalue weighted by Crippen LogP contribution is -2.20. The van der Waals surface area contributed by atoms with E-state index in [-0.39, 0.29) is 12.0 Å². The second-order valence-corrected chi connectivity index (χ2v) is 5.77. The first-order valence-electron chi connectivity index (χ1n) is 6.92. The van der Waals surface area contributed by atoms with Crippen molar-refractivity contribution in [2.45, 2.75) is 25.3 Å². The Hall–Kier alpha value is -1.22. The highest BCUT2D eigenvalue weighted by Crippen LogP contribution is 2.39. The molecule has 0 radical (unpaired) electrons. The molecule has 2 aromatic carbocycles. The highest BCUT2D eigenvalue weighted by Gasteiger charge is 2.23. The van der Waals surface area contributed by atoms with E-state index in [1.807, 2.05) is 18.2 Å². The van der Waals surface area contributed by atoms with Crippen LogP contribution in [-0.2, 0) is 0 Å². The van der Waals surface area contributed by atoms with Crippen molar-refractivity contribution < 1.29 is 4.74 Å². The first-order chi connectivity index (χ1) is 10.1. The predicted octanol–water partition coefficient (Wildman–Crippen LogP) is 5.20. The van der Waals surface area contributed by atoms with E-state index in [1.165, 1.54) is 5.56 Å². The van der Waals surface area contributed by atoms with E-state index in [4.69, 9.17) is 33.7 Å². The van der Waals surface area contributed by atoms with Gasteiger partial charge in [0, 0.05) is 23.0 Å². The van der Waals surface area contributed by atoms with Gasteiger partial charge in [-0.25, -0.2) is 0 Å². The first-order valence-corrected chi connectivity index (χ1v) is 7.67. The Morgan fingerprint density at radius 3 is 2.33 bits per heavy atom. The van der Waals surface area contributed by atoms with Crippen LogP contribution in [0.25, 0.3) is 0 Å². The van der Waals surface area contributed by atoms with Crippen molar-refractivity contribution in [2.24, 2.45) is 5.73 Å². The predicted molar refractivity (Wildman–Crippen MR) is 89.4 cm³/mol. The Morgan fingerprint density at radius 2 is 1.76 bits per heavy atom. The van der Waals surface area contributed by atoms with E-state index in [9.17, 15) is 0 Å². The number of hydrogen-bond acceptors (Lipinski definition) is 2. The maximum atomic E-state index is 6.46. The minimum Gasteiger partial charge on any atom is -0.495 e. The summed E-state index contributed by atoms with van der Waals surface area (Å²) >= 11 is 12.5. The third-order valence-corrected chi connectivity index (χ3v) is 4.35. The Balaban J connectivity index is 2.38. The number of halogens is 2. The molecule has 4 heteroatoms. The van der Waals surface area contributed by atoms with Crippen LogP contribution in [0.5, 0.6) is 5.75 Å². The minimum atomic E-state index is -0.215. The van der Waals surface area contributed by atoms with Gasteiger partial charge < -0.3 is 10.5 Å². The number of ether oxygens (including phenoxy) is 1. The molecule has 0 aliphatic rings. The van der Waals surface area contributed by atoms with Gasteiger partial charge in [-0.3, -0.25) is 0 Å². The van der Waals surface area contributed by atoms with Gasteiger partial charge in [-0.1, -0.05) is 60.5 Å². The van der Waals surface area contributed by atoms with Gasteiger partial charge in [-0.05, 0) is 23.6 Å². The van der Waals surface area contributed by atoms with Crippen molar-refractivity contribution in [1.82, 2.24) is 0 Å². The molecule has 2 N–H and O–H groups in total. The zero-order chi connectivity index (χ0) is 15.4. The molecule has 2 atom stereocenters. The Labute approximate surface area is 135 Å². The summed E-state index contributed by atoms with van der Waals surface area (Å²) < 4.78 is 5.17. The van der Waals surface area contributed by atoms with Crippen molar-refractivity contribution in [3.05, 3.63) is 63.6 Å². The van der Waals surface area contributed by atoms with E-state index in [0.717, 1.165) is 12.0 Å². The second-order valence-electron chi connectivity index (χ2n) is 4.96. The Bertz CT molecular complexity index is 601. The summed E-state index contributed by atoms with van der Waals surface area (Å²) in [7, 11) is 1.57. The summed E-state index contributed by atoms with van der Waals surface area (Å²) in [5, 5.41) is 1.10. The summed E-state index contributed by atoms with van der Waals surface area (Å²) in [6, 6.07) is 13.5. The third kappa shape index (κ3) is 3.52. The average Bonchev–Trinajstić information content (AvgIpc) is 2.50. The highest BCUT2D eigenvalue weighted by molar-refractivity contribution is 6.34. The molecule has 0 bridgehead atoms. The molecule has 0 spiro atoms. The maximum absolute atomic E-state index is 6.46. The Kier molecular flexibility index (Phi) is 5.51. The number of hydrogen-bond donors (Lipinski definition) is 1. The number of rotatable bonds is 5. The molecule has 112 valence electrons. The molecule has 21 heavy (non-hydrogen) atoms. The van der Waals surface area contributed by atoms with Crippen LogP contribution in [0.1, 0.15) is 36.4 Å². The summed E-state index contributed by atoms with van der Waals surface area (Å²) in [5.41, 5.74) is 8.51. The molecule has 0 aromatic heterocycles. The van der Waals surface area contributed by atoms with Crippen molar-refractivity contribution >= 4 is 23.2 Å². The maximum Gasteiger partial charge on any atom is 0.138 e. The third-order valence-electron chi connectivity index (χ3n) is 3.73. The van der Waals surface area contributed by atoms with Crippen molar-refractivity contribution in [3.8, 4) is 5.75 Å². The van der Waals surface area contributed by atoms with Gasteiger partial charge in [0.2, 0.25) is 0 Å². The molecule has 2 rings (SSSR count). The highest BCUT2D eigenvalue weighted by atomic mass is 35.5. The normalized spacial score (nSPS) is 13.8. The van der Waals surface area contributed by atoms with Crippen molar-refractivity contribution in [2.75, 3.05) is 7.11 Å². The molecular formula is C17H19Cl2NO. The van der Waals surface area contributed by atoms with Gasteiger partial charge in [-0.15, -0.1) is 0 Å². The van der Waals surface area contributed by atoms with Gasteiger partial charge in [0.15, 0.2) is 0 Å². The molecule has 0 fully saturated rings. The first kappa shape index (κ1) is 16.2. The molecule has 2 unspecified atom stereocenters. The summed E-state index contributed by atoms with van der Waals surface area (Å²) in [4.78, 5) is 0. The number of benzene rings is 2. The van der Waals surface area contributed by atoms with Gasteiger partial charge in [0.05, 0.1) is 12.1 Å².